The third-order valence-electron chi connectivity index (χ3n) is 13.6. The molecule has 10 heteroatoms. The second-order valence-corrected chi connectivity index (χ2v) is 16.5. The average molecular weight is 743 g/mol. The van der Waals surface area contributed by atoms with Gasteiger partial charge in [-0.2, -0.15) is 0 Å². The minimum absolute atomic E-state index is 0.0377. The smallest absolute Gasteiger partial charge is 0.234 e. The first-order chi connectivity index (χ1) is 26.8. The van der Waals surface area contributed by atoms with Crippen molar-refractivity contribution >= 4 is 23.6 Å². The number of aromatic hydroxyl groups is 1. The largest absolute Gasteiger partial charge is 0.504 e. The molecule has 6 aliphatic rings. The summed E-state index contributed by atoms with van der Waals surface area (Å²) in [5.74, 6) is -3.37. The summed E-state index contributed by atoms with van der Waals surface area (Å²) in [7, 11) is 1.50. The molecular weight excluding hydrogens is 693 g/mol. The fraction of sp³-hybridized carbons (Fsp3) is 0.467. The number of phenols is 1. The molecule has 9 rings (SSSR count). The first-order valence-electron chi connectivity index (χ1n) is 20.1. The third kappa shape index (κ3) is 6.37. The zero-order valence-corrected chi connectivity index (χ0v) is 31.5. The molecule has 286 valence electrons. The van der Waals surface area contributed by atoms with Crippen LogP contribution in [-0.2, 0) is 32.3 Å². The maximum atomic E-state index is 14.7. The van der Waals surface area contributed by atoms with E-state index in [1.54, 1.807) is 21.9 Å². The molecule has 5 fully saturated rings. The Bertz CT molecular complexity index is 1990. The Labute approximate surface area is 322 Å². The Hall–Kier alpha value is -4.80. The number of piperidine rings is 2. The van der Waals surface area contributed by atoms with Crippen molar-refractivity contribution in [2.75, 3.05) is 33.3 Å². The van der Waals surface area contributed by atoms with E-state index in [9.17, 15) is 24.3 Å². The summed E-state index contributed by atoms with van der Waals surface area (Å²) in [4.78, 5) is 66.0. The highest BCUT2D eigenvalue weighted by molar-refractivity contribution is 6.08. The number of carbonyl (C=O) groups is 4. The highest BCUT2D eigenvalue weighted by atomic mass is 16.5. The summed E-state index contributed by atoms with van der Waals surface area (Å²) >= 11 is 0. The number of nitrogens with zero attached hydrogens (tertiary/aromatic N) is 4. The number of rotatable bonds is 8. The van der Waals surface area contributed by atoms with E-state index in [1.165, 1.54) is 18.2 Å². The van der Waals surface area contributed by atoms with Crippen molar-refractivity contribution < 1.29 is 29.0 Å². The van der Waals surface area contributed by atoms with Crippen LogP contribution in [0.1, 0.15) is 61.1 Å². The summed E-state index contributed by atoms with van der Waals surface area (Å²) in [6.07, 6.45) is 5.77. The van der Waals surface area contributed by atoms with Gasteiger partial charge in [0.05, 0.1) is 30.8 Å². The number of carbonyl (C=O) groups excluding carboxylic acids is 4. The van der Waals surface area contributed by atoms with E-state index in [-0.39, 0.29) is 47.4 Å². The number of phenolic OH excluding ortho intramolecular Hbond substituents is 1. The van der Waals surface area contributed by atoms with Crippen LogP contribution in [0.3, 0.4) is 0 Å². The molecule has 1 saturated carbocycles. The van der Waals surface area contributed by atoms with Crippen LogP contribution in [0.25, 0.3) is 0 Å². The number of allylic oxidation sites excluding steroid dienone is 2. The lowest BCUT2D eigenvalue weighted by atomic mass is 9.57. The lowest BCUT2D eigenvalue weighted by Gasteiger charge is -2.44. The van der Waals surface area contributed by atoms with Gasteiger partial charge in [-0.1, -0.05) is 78.4 Å². The van der Waals surface area contributed by atoms with Crippen molar-refractivity contribution in [2.24, 2.45) is 29.6 Å². The molecule has 0 radical (unpaired) electrons. The third-order valence-corrected chi connectivity index (χ3v) is 13.6. The molecule has 3 aromatic carbocycles. The van der Waals surface area contributed by atoms with Gasteiger partial charge < -0.3 is 9.84 Å². The van der Waals surface area contributed by atoms with Crippen LogP contribution < -0.4 is 4.74 Å². The average Bonchev–Trinajstić information content (AvgIpc) is 3.62. The summed E-state index contributed by atoms with van der Waals surface area (Å²) in [6.45, 7) is 4.87. The Morgan fingerprint density at radius 1 is 0.636 bits per heavy atom. The first-order valence-corrected chi connectivity index (χ1v) is 20.1. The van der Waals surface area contributed by atoms with E-state index in [0.717, 1.165) is 63.2 Å². The van der Waals surface area contributed by atoms with Crippen molar-refractivity contribution in [3.63, 3.8) is 0 Å². The number of methoxy groups -OCH3 is 1. The van der Waals surface area contributed by atoms with Crippen molar-refractivity contribution in [1.82, 2.24) is 19.6 Å². The molecule has 4 saturated heterocycles. The van der Waals surface area contributed by atoms with Gasteiger partial charge in [0.25, 0.3) is 0 Å². The maximum absolute atomic E-state index is 14.7. The van der Waals surface area contributed by atoms with Gasteiger partial charge in [-0.25, -0.2) is 0 Å². The number of imide groups is 2. The SMILES string of the molecule is COc1ccc(C2C3=CCC4C(=O)N(C5CCN(Cc6ccccc6)CC5)C(=O)C4C3CC3C(=O)N(C4CCN(Cc5ccccc5)CC4)C(=O)C32)cc1O. The first kappa shape index (κ1) is 35.9. The van der Waals surface area contributed by atoms with Gasteiger partial charge in [0.1, 0.15) is 0 Å². The predicted molar refractivity (Wildman–Crippen MR) is 205 cm³/mol. The van der Waals surface area contributed by atoms with Gasteiger partial charge in [0.2, 0.25) is 23.6 Å². The molecule has 0 aromatic heterocycles. The molecule has 4 aliphatic heterocycles. The van der Waals surface area contributed by atoms with Crippen LogP contribution in [0.4, 0.5) is 0 Å². The van der Waals surface area contributed by atoms with Crippen molar-refractivity contribution in [1.29, 1.82) is 0 Å². The molecular formula is C45H50N4O6. The number of amides is 4. The fourth-order valence-corrected chi connectivity index (χ4v) is 11.0. The highest BCUT2D eigenvalue weighted by Crippen LogP contribution is 2.59. The number of hydrogen-bond donors (Lipinski definition) is 1. The molecule has 0 spiro atoms. The van der Waals surface area contributed by atoms with Gasteiger partial charge in [-0.3, -0.25) is 38.8 Å². The number of likely N-dealkylation sites (tertiary alicyclic amines) is 4. The molecule has 10 nitrogen and oxygen atoms in total. The summed E-state index contributed by atoms with van der Waals surface area (Å²) in [6, 6.07) is 25.6. The second kappa shape index (κ2) is 14.7. The van der Waals surface area contributed by atoms with E-state index in [4.69, 9.17) is 4.74 Å². The molecule has 55 heavy (non-hydrogen) atoms. The Morgan fingerprint density at radius 3 is 1.69 bits per heavy atom. The molecule has 0 bridgehead atoms. The Morgan fingerprint density at radius 2 is 1.16 bits per heavy atom. The van der Waals surface area contributed by atoms with Crippen molar-refractivity contribution in [3.05, 3.63) is 107 Å². The maximum Gasteiger partial charge on any atom is 0.234 e. The molecule has 1 N–H and O–H groups in total. The number of fused-ring (bicyclic) bond motifs is 4. The summed E-state index contributed by atoms with van der Waals surface area (Å²) in [5, 5.41) is 10.9. The normalized spacial score (nSPS) is 29.3. The summed E-state index contributed by atoms with van der Waals surface area (Å²) in [5.41, 5.74) is 4.17. The van der Waals surface area contributed by atoms with Crippen molar-refractivity contribution in [3.8, 4) is 11.5 Å². The minimum Gasteiger partial charge on any atom is -0.504 e. The Balaban J connectivity index is 0.971. The van der Waals surface area contributed by atoms with Crippen LogP contribution >= 0.6 is 0 Å². The lowest BCUT2D eigenvalue weighted by Crippen LogP contribution is -2.48. The van der Waals surface area contributed by atoms with Gasteiger partial charge >= 0.3 is 0 Å². The van der Waals surface area contributed by atoms with Gasteiger partial charge in [0, 0.05) is 57.3 Å². The number of benzene rings is 3. The van der Waals surface area contributed by atoms with Crippen molar-refractivity contribution in [2.45, 2.75) is 69.6 Å². The van der Waals surface area contributed by atoms with E-state index < -0.39 is 29.6 Å². The highest BCUT2D eigenvalue weighted by Gasteiger charge is 2.63. The van der Waals surface area contributed by atoms with Crippen LogP contribution in [0.2, 0.25) is 0 Å². The van der Waals surface area contributed by atoms with E-state index in [1.807, 2.05) is 42.5 Å². The quantitative estimate of drug-likeness (QED) is 0.243. The lowest BCUT2D eigenvalue weighted by molar-refractivity contribution is -0.146. The molecule has 4 heterocycles. The van der Waals surface area contributed by atoms with Gasteiger partial charge in [0.15, 0.2) is 11.5 Å². The molecule has 2 aliphatic carbocycles. The van der Waals surface area contributed by atoms with Crippen LogP contribution in [0, 0.1) is 29.6 Å². The topological polar surface area (TPSA) is 111 Å². The Kier molecular flexibility index (Phi) is 9.58. The van der Waals surface area contributed by atoms with Gasteiger partial charge in [-0.05, 0) is 73.3 Å². The van der Waals surface area contributed by atoms with Crippen LogP contribution in [0.5, 0.6) is 11.5 Å². The minimum atomic E-state index is -0.640. The van der Waals surface area contributed by atoms with E-state index in [0.29, 0.717) is 31.4 Å². The zero-order valence-electron chi connectivity index (χ0n) is 31.5. The summed E-state index contributed by atoms with van der Waals surface area (Å²) < 4.78 is 5.36. The number of hydrogen-bond acceptors (Lipinski definition) is 8. The number of ether oxygens (including phenoxy) is 1. The second-order valence-electron chi connectivity index (χ2n) is 16.5. The fourth-order valence-electron chi connectivity index (χ4n) is 11.0. The molecule has 6 atom stereocenters. The standard InChI is InChI=1S/C45H50N4O6/c1-55-38-15-12-30(24-37(38)50)39-33-13-14-34-40(44(53)48(42(34)51)31-16-20-46(21-17-31)26-28-8-4-2-5-9-28)35(33)25-36-41(39)45(54)49(43(36)52)32-18-22-47(23-19-32)27-29-10-6-3-7-11-29/h2-13,15,24,31-32,34-36,39-41,50H,14,16-23,25-27H2,1H3. The predicted octanol–water partition coefficient (Wildman–Crippen LogP) is 5.37. The monoisotopic (exact) mass is 742 g/mol. The molecule has 6 unspecified atom stereocenters. The molecule has 4 amide bonds. The van der Waals surface area contributed by atoms with Crippen LogP contribution in [0.15, 0.2) is 90.5 Å². The van der Waals surface area contributed by atoms with Crippen LogP contribution in [-0.4, -0.2) is 93.7 Å². The molecule has 3 aromatic rings. The van der Waals surface area contributed by atoms with E-state index in [2.05, 4.69) is 40.1 Å². The van der Waals surface area contributed by atoms with Gasteiger partial charge in [-0.15, -0.1) is 0 Å². The van der Waals surface area contributed by atoms with E-state index >= 15 is 0 Å². The zero-order chi connectivity index (χ0) is 37.8.